The van der Waals surface area contributed by atoms with Crippen molar-refractivity contribution in [1.82, 2.24) is 4.98 Å². The number of nitrogens with zero attached hydrogens (tertiary/aromatic N) is 1. The molecule has 138 valence electrons. The van der Waals surface area contributed by atoms with Gasteiger partial charge in [0.05, 0.1) is 11.3 Å². The number of ether oxygens (including phenoxy) is 2. The Bertz CT molecular complexity index is 792. The standard InChI is InChI=1S/C21H24FNO3/c1-21(2,3)26-20(24)18-16(15-6-4-5-7-17(15)22)8-11-23-19(18)14-9-12-25-13-10-14/h4-8,11,14H,9-10,12-13H2,1-3H3. The largest absolute Gasteiger partial charge is 0.456 e. The number of benzene rings is 1. The van der Waals surface area contributed by atoms with Gasteiger partial charge in [0, 0.05) is 36.5 Å². The Labute approximate surface area is 153 Å². The molecule has 1 saturated heterocycles. The number of aromatic nitrogens is 1. The summed E-state index contributed by atoms with van der Waals surface area (Å²) in [7, 11) is 0. The lowest BCUT2D eigenvalue weighted by molar-refractivity contribution is 0.00661. The molecule has 0 spiro atoms. The van der Waals surface area contributed by atoms with Gasteiger partial charge in [0.1, 0.15) is 11.4 Å². The Kier molecular flexibility index (Phi) is 5.37. The molecule has 0 N–H and O–H groups in total. The maximum Gasteiger partial charge on any atom is 0.341 e. The maximum absolute atomic E-state index is 14.4. The van der Waals surface area contributed by atoms with Gasteiger partial charge >= 0.3 is 5.97 Å². The van der Waals surface area contributed by atoms with E-state index in [1.807, 2.05) is 20.8 Å². The van der Waals surface area contributed by atoms with E-state index in [0.717, 1.165) is 12.8 Å². The van der Waals surface area contributed by atoms with E-state index in [0.29, 0.717) is 35.6 Å². The van der Waals surface area contributed by atoms with Crippen LogP contribution in [0.5, 0.6) is 0 Å². The number of carbonyl (C=O) groups is 1. The second kappa shape index (κ2) is 7.54. The molecule has 1 aromatic heterocycles. The van der Waals surface area contributed by atoms with Gasteiger partial charge in [-0.05, 0) is 45.7 Å². The predicted molar refractivity (Wildman–Crippen MR) is 97.6 cm³/mol. The molecule has 1 aliphatic rings. The second-order valence-corrected chi connectivity index (χ2v) is 7.49. The Morgan fingerprint density at radius 1 is 1.15 bits per heavy atom. The van der Waals surface area contributed by atoms with Gasteiger partial charge in [-0.25, -0.2) is 9.18 Å². The van der Waals surface area contributed by atoms with Crippen LogP contribution in [0, 0.1) is 5.82 Å². The smallest absolute Gasteiger partial charge is 0.341 e. The highest BCUT2D eigenvalue weighted by atomic mass is 19.1. The molecular formula is C21H24FNO3. The highest BCUT2D eigenvalue weighted by Crippen LogP contribution is 2.35. The molecule has 1 aromatic carbocycles. The number of hydrogen-bond acceptors (Lipinski definition) is 4. The van der Waals surface area contributed by atoms with Crippen LogP contribution in [0.1, 0.15) is 55.6 Å². The first-order chi connectivity index (χ1) is 12.4. The van der Waals surface area contributed by atoms with E-state index >= 15 is 0 Å². The minimum Gasteiger partial charge on any atom is -0.456 e. The maximum atomic E-state index is 14.4. The van der Waals surface area contributed by atoms with Gasteiger partial charge in [0.15, 0.2) is 0 Å². The van der Waals surface area contributed by atoms with Crippen molar-refractivity contribution in [2.75, 3.05) is 13.2 Å². The number of esters is 1. The second-order valence-electron chi connectivity index (χ2n) is 7.49. The molecule has 4 nitrogen and oxygen atoms in total. The van der Waals surface area contributed by atoms with E-state index in [-0.39, 0.29) is 11.7 Å². The first-order valence-electron chi connectivity index (χ1n) is 8.92. The molecule has 2 heterocycles. The topological polar surface area (TPSA) is 48.4 Å². The van der Waals surface area contributed by atoms with Crippen LogP contribution >= 0.6 is 0 Å². The van der Waals surface area contributed by atoms with E-state index in [9.17, 15) is 9.18 Å². The van der Waals surface area contributed by atoms with Crippen LogP contribution < -0.4 is 0 Å². The summed E-state index contributed by atoms with van der Waals surface area (Å²) in [6.45, 7) is 6.71. The summed E-state index contributed by atoms with van der Waals surface area (Å²) in [5.74, 6) is -0.746. The van der Waals surface area contributed by atoms with E-state index in [1.165, 1.54) is 6.07 Å². The monoisotopic (exact) mass is 357 g/mol. The molecule has 0 bridgehead atoms. The molecule has 1 aliphatic heterocycles. The van der Waals surface area contributed by atoms with Crippen molar-refractivity contribution in [3.05, 3.63) is 53.6 Å². The van der Waals surface area contributed by atoms with Crippen LogP contribution in [0.2, 0.25) is 0 Å². The zero-order valence-electron chi connectivity index (χ0n) is 15.4. The SMILES string of the molecule is CC(C)(C)OC(=O)c1c(-c2ccccc2F)ccnc1C1CCOCC1. The van der Waals surface area contributed by atoms with Gasteiger partial charge in [0.2, 0.25) is 0 Å². The van der Waals surface area contributed by atoms with Gasteiger partial charge in [-0.1, -0.05) is 18.2 Å². The van der Waals surface area contributed by atoms with Crippen molar-refractivity contribution in [3.63, 3.8) is 0 Å². The molecule has 2 aromatic rings. The number of carbonyl (C=O) groups excluding carboxylic acids is 1. The summed E-state index contributed by atoms with van der Waals surface area (Å²) in [4.78, 5) is 17.5. The van der Waals surface area contributed by atoms with Crippen LogP contribution in [0.3, 0.4) is 0 Å². The third kappa shape index (κ3) is 4.10. The molecule has 0 aliphatic carbocycles. The van der Waals surface area contributed by atoms with Gasteiger partial charge in [-0.3, -0.25) is 4.98 Å². The number of rotatable bonds is 3. The molecule has 0 radical (unpaired) electrons. The van der Waals surface area contributed by atoms with Crippen molar-refractivity contribution in [2.45, 2.75) is 45.1 Å². The Hall–Kier alpha value is -2.27. The molecular weight excluding hydrogens is 333 g/mol. The van der Waals surface area contributed by atoms with Crippen molar-refractivity contribution < 1.29 is 18.7 Å². The minimum atomic E-state index is -0.646. The zero-order chi connectivity index (χ0) is 18.7. The molecule has 0 unspecified atom stereocenters. The molecule has 0 atom stereocenters. The zero-order valence-corrected chi connectivity index (χ0v) is 15.4. The third-order valence-corrected chi connectivity index (χ3v) is 4.36. The van der Waals surface area contributed by atoms with E-state index in [4.69, 9.17) is 9.47 Å². The van der Waals surface area contributed by atoms with Crippen molar-refractivity contribution >= 4 is 5.97 Å². The van der Waals surface area contributed by atoms with Gasteiger partial charge in [0.25, 0.3) is 0 Å². The predicted octanol–water partition coefficient (Wildman–Crippen LogP) is 4.74. The summed E-state index contributed by atoms with van der Waals surface area (Å²) < 4.78 is 25.5. The first kappa shape index (κ1) is 18.5. The van der Waals surface area contributed by atoms with Crippen LogP contribution in [0.25, 0.3) is 11.1 Å². The molecule has 5 heteroatoms. The number of halogens is 1. The van der Waals surface area contributed by atoms with Gasteiger partial charge in [-0.15, -0.1) is 0 Å². The van der Waals surface area contributed by atoms with Crippen LogP contribution in [-0.2, 0) is 9.47 Å². The fourth-order valence-corrected chi connectivity index (χ4v) is 3.21. The number of pyridine rings is 1. The quantitative estimate of drug-likeness (QED) is 0.745. The lowest BCUT2D eigenvalue weighted by Crippen LogP contribution is -2.26. The van der Waals surface area contributed by atoms with Crippen molar-refractivity contribution in [3.8, 4) is 11.1 Å². The van der Waals surface area contributed by atoms with Crippen LogP contribution in [0.4, 0.5) is 4.39 Å². The van der Waals surface area contributed by atoms with E-state index < -0.39 is 11.6 Å². The van der Waals surface area contributed by atoms with Crippen molar-refractivity contribution in [1.29, 1.82) is 0 Å². The molecule has 3 rings (SSSR count). The number of hydrogen-bond donors (Lipinski definition) is 0. The summed E-state index contributed by atoms with van der Waals surface area (Å²) in [6.07, 6.45) is 3.20. The van der Waals surface area contributed by atoms with E-state index in [2.05, 4.69) is 4.98 Å². The average Bonchev–Trinajstić information content (AvgIpc) is 2.61. The van der Waals surface area contributed by atoms with E-state index in [1.54, 1.807) is 30.5 Å². The lowest BCUT2D eigenvalue weighted by atomic mass is 9.88. The summed E-state index contributed by atoms with van der Waals surface area (Å²) in [5.41, 5.74) is 1.28. The molecule has 0 amide bonds. The third-order valence-electron chi connectivity index (χ3n) is 4.36. The molecule has 0 saturated carbocycles. The van der Waals surface area contributed by atoms with Crippen LogP contribution in [0.15, 0.2) is 36.5 Å². The Balaban J connectivity index is 2.14. The van der Waals surface area contributed by atoms with Gasteiger partial charge in [-0.2, -0.15) is 0 Å². The first-order valence-corrected chi connectivity index (χ1v) is 8.92. The highest BCUT2D eigenvalue weighted by Gasteiger charge is 2.29. The lowest BCUT2D eigenvalue weighted by Gasteiger charge is -2.26. The van der Waals surface area contributed by atoms with Gasteiger partial charge < -0.3 is 9.47 Å². The fourth-order valence-electron chi connectivity index (χ4n) is 3.21. The summed E-state index contributed by atoms with van der Waals surface area (Å²) in [6, 6.07) is 8.13. The Morgan fingerprint density at radius 2 is 1.85 bits per heavy atom. The molecule has 26 heavy (non-hydrogen) atoms. The van der Waals surface area contributed by atoms with Crippen molar-refractivity contribution in [2.24, 2.45) is 0 Å². The minimum absolute atomic E-state index is 0.0954. The Morgan fingerprint density at radius 3 is 2.50 bits per heavy atom. The fraction of sp³-hybridized carbons (Fsp3) is 0.429. The highest BCUT2D eigenvalue weighted by molar-refractivity contribution is 5.98. The summed E-state index contributed by atoms with van der Waals surface area (Å²) >= 11 is 0. The average molecular weight is 357 g/mol. The normalized spacial score (nSPS) is 15.7. The summed E-state index contributed by atoms with van der Waals surface area (Å²) in [5, 5.41) is 0. The van der Waals surface area contributed by atoms with Crippen LogP contribution in [-0.4, -0.2) is 29.8 Å². The molecule has 1 fully saturated rings.